The molecule has 1 aromatic rings. The van der Waals surface area contributed by atoms with Gasteiger partial charge in [0.15, 0.2) is 0 Å². The first-order valence-corrected chi connectivity index (χ1v) is 6.45. The van der Waals surface area contributed by atoms with Crippen molar-refractivity contribution in [2.45, 2.75) is 45.8 Å². The predicted molar refractivity (Wildman–Crippen MR) is 70.3 cm³/mol. The number of nitrogens with zero attached hydrogens (tertiary/aromatic N) is 3. The maximum Gasteiger partial charge on any atom is 0.245 e. The molecule has 0 aromatic carbocycles. The summed E-state index contributed by atoms with van der Waals surface area (Å²) in [5, 5.41) is 7.03. The van der Waals surface area contributed by atoms with E-state index in [0.29, 0.717) is 6.54 Å². The quantitative estimate of drug-likeness (QED) is 0.874. The number of hydrogen-bond donors (Lipinski definition) is 1. The molecule has 0 saturated carbocycles. The third-order valence-electron chi connectivity index (χ3n) is 3.44. The molecule has 0 radical (unpaired) electrons. The van der Waals surface area contributed by atoms with E-state index in [1.807, 2.05) is 30.8 Å². The average molecular weight is 264 g/mol. The van der Waals surface area contributed by atoms with Crippen molar-refractivity contribution in [3.8, 4) is 0 Å². The third kappa shape index (κ3) is 2.47. The molecule has 0 spiro atoms. The van der Waals surface area contributed by atoms with E-state index in [1.165, 1.54) is 0 Å². The fourth-order valence-electron chi connectivity index (χ4n) is 2.10. The zero-order valence-electron chi connectivity index (χ0n) is 11.8. The summed E-state index contributed by atoms with van der Waals surface area (Å²) in [5.41, 5.74) is -0.0402. The second-order valence-corrected chi connectivity index (χ2v) is 5.60. The minimum absolute atomic E-state index is 0.0627. The number of nitrogens with one attached hydrogen (secondary N) is 1. The smallest absolute Gasteiger partial charge is 0.245 e. The molecule has 0 aliphatic carbocycles. The fourth-order valence-corrected chi connectivity index (χ4v) is 2.10. The van der Waals surface area contributed by atoms with E-state index >= 15 is 0 Å². The normalized spacial score (nSPS) is 18.9. The van der Waals surface area contributed by atoms with Gasteiger partial charge >= 0.3 is 0 Å². The first-order chi connectivity index (χ1) is 8.82. The van der Waals surface area contributed by atoms with Gasteiger partial charge in [-0.2, -0.15) is 5.10 Å². The van der Waals surface area contributed by atoms with Crippen LogP contribution in [0.1, 0.15) is 39.4 Å². The van der Waals surface area contributed by atoms with Crippen LogP contribution in [0.4, 0.5) is 0 Å². The van der Waals surface area contributed by atoms with Crippen LogP contribution in [0.25, 0.3) is 0 Å². The lowest BCUT2D eigenvalue weighted by Gasteiger charge is -2.40. The van der Waals surface area contributed by atoms with Crippen LogP contribution < -0.4 is 5.32 Å². The highest BCUT2D eigenvalue weighted by Gasteiger charge is 2.41. The Hall–Kier alpha value is -1.85. The maximum atomic E-state index is 12.0. The van der Waals surface area contributed by atoms with Gasteiger partial charge in [0.1, 0.15) is 5.54 Å². The maximum absolute atomic E-state index is 12.0. The molecule has 6 nitrogen and oxygen atoms in total. The van der Waals surface area contributed by atoms with E-state index in [-0.39, 0.29) is 24.4 Å². The SMILES string of the molecule is CC(C)n1ccc(CN2C(=O)CNC(=O)C2(C)C)n1. The number of carbonyl (C=O) groups is 2. The molecule has 0 atom stereocenters. The van der Waals surface area contributed by atoms with Crippen molar-refractivity contribution in [1.29, 1.82) is 0 Å². The van der Waals surface area contributed by atoms with Crippen molar-refractivity contribution in [3.63, 3.8) is 0 Å². The second kappa shape index (κ2) is 4.68. The van der Waals surface area contributed by atoms with Crippen LogP contribution in [0.5, 0.6) is 0 Å². The standard InChI is InChI=1S/C13H20N4O2/c1-9(2)17-6-5-10(15-17)8-16-11(18)7-14-12(19)13(16,3)4/h5-6,9H,7-8H2,1-4H3,(H,14,19). The number of rotatable bonds is 3. The minimum Gasteiger partial charge on any atom is -0.345 e. The lowest BCUT2D eigenvalue weighted by atomic mass is 9.98. The highest BCUT2D eigenvalue weighted by Crippen LogP contribution is 2.21. The second-order valence-electron chi connectivity index (χ2n) is 5.60. The average Bonchev–Trinajstić information content (AvgIpc) is 2.79. The van der Waals surface area contributed by atoms with Gasteiger partial charge in [0.05, 0.1) is 18.8 Å². The first-order valence-electron chi connectivity index (χ1n) is 6.45. The van der Waals surface area contributed by atoms with Crippen LogP contribution in [-0.2, 0) is 16.1 Å². The third-order valence-corrected chi connectivity index (χ3v) is 3.44. The van der Waals surface area contributed by atoms with Gasteiger partial charge in [0, 0.05) is 12.2 Å². The number of hydrogen-bond acceptors (Lipinski definition) is 3. The first kappa shape index (κ1) is 13.6. The Morgan fingerprint density at radius 3 is 2.68 bits per heavy atom. The zero-order chi connectivity index (χ0) is 14.2. The summed E-state index contributed by atoms with van der Waals surface area (Å²) in [7, 11) is 0. The van der Waals surface area contributed by atoms with E-state index in [9.17, 15) is 9.59 Å². The summed E-state index contributed by atoms with van der Waals surface area (Å²) < 4.78 is 1.84. The van der Waals surface area contributed by atoms with Gasteiger partial charge < -0.3 is 10.2 Å². The van der Waals surface area contributed by atoms with Crippen LogP contribution in [0, 0.1) is 0 Å². The molecule has 2 amide bonds. The van der Waals surface area contributed by atoms with Crippen molar-refractivity contribution in [3.05, 3.63) is 18.0 Å². The van der Waals surface area contributed by atoms with Crippen LogP contribution in [0.2, 0.25) is 0 Å². The summed E-state index contributed by atoms with van der Waals surface area (Å²) in [6.07, 6.45) is 1.89. The molecule has 1 aliphatic rings. The molecule has 104 valence electrons. The van der Waals surface area contributed by atoms with Gasteiger partial charge in [-0.15, -0.1) is 0 Å². The zero-order valence-corrected chi connectivity index (χ0v) is 11.8. The highest BCUT2D eigenvalue weighted by atomic mass is 16.2. The molecule has 1 fully saturated rings. The molecular formula is C13H20N4O2. The van der Waals surface area contributed by atoms with Crippen molar-refractivity contribution in [2.24, 2.45) is 0 Å². The summed E-state index contributed by atoms with van der Waals surface area (Å²) in [4.78, 5) is 25.4. The highest BCUT2D eigenvalue weighted by molar-refractivity contribution is 5.97. The monoisotopic (exact) mass is 264 g/mol. The van der Waals surface area contributed by atoms with Crippen LogP contribution in [0.15, 0.2) is 12.3 Å². The Bertz CT molecular complexity index is 504. The molecule has 1 saturated heterocycles. The van der Waals surface area contributed by atoms with E-state index in [0.717, 1.165) is 5.69 Å². The largest absolute Gasteiger partial charge is 0.345 e. The Kier molecular flexibility index (Phi) is 3.34. The molecule has 2 rings (SSSR count). The molecule has 1 aromatic heterocycles. The molecule has 6 heteroatoms. The van der Waals surface area contributed by atoms with Gasteiger partial charge in [-0.1, -0.05) is 0 Å². The Labute approximate surface area is 112 Å². The van der Waals surface area contributed by atoms with E-state index < -0.39 is 5.54 Å². The van der Waals surface area contributed by atoms with Crippen LogP contribution in [-0.4, -0.2) is 38.6 Å². The molecule has 1 aliphatic heterocycles. The van der Waals surface area contributed by atoms with Crippen molar-refractivity contribution in [2.75, 3.05) is 6.54 Å². The Morgan fingerprint density at radius 1 is 1.42 bits per heavy atom. The van der Waals surface area contributed by atoms with Crippen LogP contribution in [0.3, 0.4) is 0 Å². The van der Waals surface area contributed by atoms with E-state index in [4.69, 9.17) is 0 Å². The van der Waals surface area contributed by atoms with Crippen molar-refractivity contribution >= 4 is 11.8 Å². The van der Waals surface area contributed by atoms with Gasteiger partial charge in [-0.05, 0) is 33.8 Å². The minimum atomic E-state index is -0.836. The Morgan fingerprint density at radius 2 is 2.11 bits per heavy atom. The molecule has 0 unspecified atom stereocenters. The Balaban J connectivity index is 2.19. The van der Waals surface area contributed by atoms with E-state index in [2.05, 4.69) is 10.4 Å². The number of carbonyl (C=O) groups excluding carboxylic acids is 2. The molecule has 2 heterocycles. The summed E-state index contributed by atoms with van der Waals surface area (Å²) in [6, 6.07) is 2.16. The molecule has 19 heavy (non-hydrogen) atoms. The van der Waals surface area contributed by atoms with Crippen LogP contribution >= 0.6 is 0 Å². The molecule has 0 bridgehead atoms. The van der Waals surface area contributed by atoms with Crippen molar-refractivity contribution < 1.29 is 9.59 Å². The summed E-state index contributed by atoms with van der Waals surface area (Å²) in [6.45, 7) is 8.00. The van der Waals surface area contributed by atoms with Gasteiger partial charge in [0.25, 0.3) is 0 Å². The topological polar surface area (TPSA) is 67.2 Å². The lowest BCUT2D eigenvalue weighted by Crippen LogP contribution is -2.63. The van der Waals surface area contributed by atoms with Crippen molar-refractivity contribution in [1.82, 2.24) is 20.0 Å². The number of aromatic nitrogens is 2. The lowest BCUT2D eigenvalue weighted by molar-refractivity contribution is -0.152. The number of amides is 2. The molecule has 1 N–H and O–H groups in total. The summed E-state index contributed by atoms with van der Waals surface area (Å²) >= 11 is 0. The summed E-state index contributed by atoms with van der Waals surface area (Å²) in [5.74, 6) is -0.209. The van der Waals surface area contributed by atoms with Gasteiger partial charge in [-0.3, -0.25) is 14.3 Å². The fraction of sp³-hybridized carbons (Fsp3) is 0.615. The molecular weight excluding hydrogens is 244 g/mol. The van der Waals surface area contributed by atoms with Gasteiger partial charge in [0.2, 0.25) is 11.8 Å². The predicted octanol–water partition coefficient (Wildman–Crippen LogP) is 0.701. The van der Waals surface area contributed by atoms with E-state index in [1.54, 1.807) is 18.7 Å². The number of piperazine rings is 1. The van der Waals surface area contributed by atoms with Gasteiger partial charge in [-0.25, -0.2) is 0 Å².